The van der Waals surface area contributed by atoms with Crippen LogP contribution in [0.25, 0.3) is 0 Å². The number of piperidine rings is 1. The molecule has 1 aromatic heterocycles. The molecule has 2 heterocycles. The highest BCUT2D eigenvalue weighted by Gasteiger charge is 2.27. The zero-order valence-corrected chi connectivity index (χ0v) is 12.2. The molecular formula is C12H18N4O3S. The Morgan fingerprint density at radius 3 is 2.70 bits per heavy atom. The SMILES string of the molecule is CCCc1nnc(NC(=O)N2CCC(C(=O)O)CC2)s1. The Kier molecular flexibility index (Phi) is 4.89. The van der Waals surface area contributed by atoms with Gasteiger partial charge in [-0.1, -0.05) is 18.3 Å². The van der Waals surface area contributed by atoms with E-state index >= 15 is 0 Å². The first-order valence-electron chi connectivity index (χ1n) is 6.71. The van der Waals surface area contributed by atoms with E-state index in [1.165, 1.54) is 11.3 Å². The lowest BCUT2D eigenvalue weighted by atomic mass is 9.97. The monoisotopic (exact) mass is 298 g/mol. The van der Waals surface area contributed by atoms with Crippen LogP contribution in [-0.4, -0.2) is 45.3 Å². The van der Waals surface area contributed by atoms with Gasteiger partial charge in [-0.15, -0.1) is 10.2 Å². The summed E-state index contributed by atoms with van der Waals surface area (Å²) < 4.78 is 0. The number of carbonyl (C=O) groups excluding carboxylic acids is 1. The summed E-state index contributed by atoms with van der Waals surface area (Å²) in [5, 5.41) is 21.0. The number of hydrogen-bond acceptors (Lipinski definition) is 5. The van der Waals surface area contributed by atoms with Gasteiger partial charge < -0.3 is 10.0 Å². The lowest BCUT2D eigenvalue weighted by molar-refractivity contribution is -0.143. The van der Waals surface area contributed by atoms with Crippen molar-refractivity contribution in [2.45, 2.75) is 32.6 Å². The van der Waals surface area contributed by atoms with Crippen molar-refractivity contribution in [2.24, 2.45) is 5.92 Å². The number of carboxylic acids is 1. The van der Waals surface area contributed by atoms with Gasteiger partial charge in [-0.3, -0.25) is 10.1 Å². The first-order chi connectivity index (χ1) is 9.60. The highest BCUT2D eigenvalue weighted by Crippen LogP contribution is 2.20. The first-order valence-corrected chi connectivity index (χ1v) is 7.53. The van der Waals surface area contributed by atoms with E-state index in [4.69, 9.17) is 5.11 Å². The van der Waals surface area contributed by atoms with Crippen molar-refractivity contribution >= 4 is 28.5 Å². The van der Waals surface area contributed by atoms with Crippen molar-refractivity contribution in [3.8, 4) is 0 Å². The summed E-state index contributed by atoms with van der Waals surface area (Å²) in [5.74, 6) is -1.12. The van der Waals surface area contributed by atoms with E-state index in [-0.39, 0.29) is 11.9 Å². The number of aryl methyl sites for hydroxylation is 1. The number of nitrogens with one attached hydrogen (secondary N) is 1. The summed E-state index contributed by atoms with van der Waals surface area (Å²) in [7, 11) is 0. The number of hydrogen-bond donors (Lipinski definition) is 2. The molecule has 1 saturated heterocycles. The summed E-state index contributed by atoms with van der Waals surface area (Å²) in [6.07, 6.45) is 2.85. The normalized spacial score (nSPS) is 16.1. The average Bonchev–Trinajstić information content (AvgIpc) is 2.86. The van der Waals surface area contributed by atoms with Crippen LogP contribution in [0.5, 0.6) is 0 Å². The predicted octanol–water partition coefficient (Wildman–Crippen LogP) is 1.82. The molecule has 0 aliphatic carbocycles. The number of carboxylic acid groups (broad SMARTS) is 1. The van der Waals surface area contributed by atoms with Gasteiger partial charge in [0, 0.05) is 19.5 Å². The quantitative estimate of drug-likeness (QED) is 0.884. The largest absolute Gasteiger partial charge is 0.481 e. The molecular weight excluding hydrogens is 280 g/mol. The minimum Gasteiger partial charge on any atom is -0.481 e. The average molecular weight is 298 g/mol. The van der Waals surface area contributed by atoms with Gasteiger partial charge in [-0.25, -0.2) is 4.79 Å². The lowest BCUT2D eigenvalue weighted by Gasteiger charge is -2.29. The highest BCUT2D eigenvalue weighted by molar-refractivity contribution is 7.15. The Hall–Kier alpha value is -1.70. The van der Waals surface area contributed by atoms with E-state index in [0.717, 1.165) is 17.8 Å². The number of aromatic nitrogens is 2. The highest BCUT2D eigenvalue weighted by atomic mass is 32.1. The second-order valence-electron chi connectivity index (χ2n) is 4.78. The number of rotatable bonds is 4. The minimum absolute atomic E-state index is 0.229. The fourth-order valence-electron chi connectivity index (χ4n) is 2.12. The molecule has 0 atom stereocenters. The summed E-state index contributed by atoms with van der Waals surface area (Å²) in [4.78, 5) is 24.5. The number of likely N-dealkylation sites (tertiary alicyclic amines) is 1. The standard InChI is InChI=1S/C12H18N4O3S/c1-2-3-9-14-15-11(20-9)13-12(19)16-6-4-8(5-7-16)10(17)18/h8H,2-7H2,1H3,(H,17,18)(H,13,15,19). The predicted molar refractivity (Wildman–Crippen MR) is 74.9 cm³/mol. The van der Waals surface area contributed by atoms with E-state index in [9.17, 15) is 9.59 Å². The van der Waals surface area contributed by atoms with Crippen LogP contribution in [0.15, 0.2) is 0 Å². The van der Waals surface area contributed by atoms with Crippen LogP contribution >= 0.6 is 11.3 Å². The third-order valence-electron chi connectivity index (χ3n) is 3.28. The molecule has 2 N–H and O–H groups in total. The van der Waals surface area contributed by atoms with Gasteiger partial charge in [0.2, 0.25) is 5.13 Å². The number of urea groups is 1. The van der Waals surface area contributed by atoms with Crippen molar-refractivity contribution in [3.05, 3.63) is 5.01 Å². The Bertz CT molecular complexity index is 483. The van der Waals surface area contributed by atoms with Crippen molar-refractivity contribution in [1.29, 1.82) is 0 Å². The third kappa shape index (κ3) is 3.66. The third-order valence-corrected chi connectivity index (χ3v) is 4.17. The zero-order chi connectivity index (χ0) is 14.5. The Morgan fingerprint density at radius 2 is 2.10 bits per heavy atom. The smallest absolute Gasteiger partial charge is 0.323 e. The van der Waals surface area contributed by atoms with Crippen molar-refractivity contribution < 1.29 is 14.7 Å². The molecule has 0 radical (unpaired) electrons. The van der Waals surface area contributed by atoms with Crippen molar-refractivity contribution in [3.63, 3.8) is 0 Å². The molecule has 1 aliphatic rings. The first kappa shape index (κ1) is 14.7. The van der Waals surface area contributed by atoms with Gasteiger partial charge in [0.25, 0.3) is 0 Å². The number of amides is 2. The second-order valence-corrected chi connectivity index (χ2v) is 5.84. The maximum absolute atomic E-state index is 12.0. The van der Waals surface area contributed by atoms with Crippen LogP contribution < -0.4 is 5.32 Å². The Morgan fingerprint density at radius 1 is 1.40 bits per heavy atom. The second kappa shape index (κ2) is 6.65. The van der Waals surface area contributed by atoms with E-state index in [2.05, 4.69) is 22.4 Å². The number of anilines is 1. The molecule has 8 heteroatoms. The number of aliphatic carboxylic acids is 1. The molecule has 2 amide bonds. The van der Waals surface area contributed by atoms with Crippen LogP contribution in [0.4, 0.5) is 9.93 Å². The zero-order valence-electron chi connectivity index (χ0n) is 11.3. The van der Waals surface area contributed by atoms with Crippen molar-refractivity contribution in [1.82, 2.24) is 15.1 Å². The van der Waals surface area contributed by atoms with E-state index in [0.29, 0.717) is 31.1 Å². The summed E-state index contributed by atoms with van der Waals surface area (Å²) in [6.45, 7) is 2.99. The Balaban J connectivity index is 1.84. The molecule has 0 saturated carbocycles. The summed E-state index contributed by atoms with van der Waals surface area (Å²) >= 11 is 1.38. The minimum atomic E-state index is -0.779. The molecule has 0 bridgehead atoms. The van der Waals surface area contributed by atoms with Crippen LogP contribution in [0.1, 0.15) is 31.2 Å². The number of nitrogens with zero attached hydrogens (tertiary/aromatic N) is 3. The van der Waals surface area contributed by atoms with E-state index in [1.807, 2.05) is 0 Å². The van der Waals surface area contributed by atoms with Gasteiger partial charge in [-0.05, 0) is 19.3 Å². The maximum atomic E-state index is 12.0. The van der Waals surface area contributed by atoms with E-state index in [1.54, 1.807) is 4.90 Å². The molecule has 0 aromatic carbocycles. The fraction of sp³-hybridized carbons (Fsp3) is 0.667. The Labute approximate surface area is 121 Å². The van der Waals surface area contributed by atoms with Gasteiger partial charge in [0.15, 0.2) is 0 Å². The van der Waals surface area contributed by atoms with Gasteiger partial charge in [0.1, 0.15) is 5.01 Å². The number of carbonyl (C=O) groups is 2. The van der Waals surface area contributed by atoms with Crippen LogP contribution in [0.3, 0.4) is 0 Å². The van der Waals surface area contributed by atoms with Crippen molar-refractivity contribution in [2.75, 3.05) is 18.4 Å². The lowest BCUT2D eigenvalue weighted by Crippen LogP contribution is -2.42. The van der Waals surface area contributed by atoms with Gasteiger partial charge in [-0.2, -0.15) is 0 Å². The molecule has 110 valence electrons. The molecule has 20 heavy (non-hydrogen) atoms. The van der Waals surface area contributed by atoms with Crippen LogP contribution in [0, 0.1) is 5.92 Å². The molecule has 2 rings (SSSR count). The van der Waals surface area contributed by atoms with Crippen LogP contribution in [-0.2, 0) is 11.2 Å². The molecule has 7 nitrogen and oxygen atoms in total. The molecule has 1 aromatic rings. The maximum Gasteiger partial charge on any atom is 0.323 e. The molecule has 1 aliphatic heterocycles. The van der Waals surface area contributed by atoms with Gasteiger partial charge in [0.05, 0.1) is 5.92 Å². The molecule has 1 fully saturated rings. The summed E-state index contributed by atoms with van der Waals surface area (Å²) in [5.41, 5.74) is 0. The molecule has 0 spiro atoms. The summed E-state index contributed by atoms with van der Waals surface area (Å²) in [6, 6.07) is -0.229. The molecule has 0 unspecified atom stereocenters. The topological polar surface area (TPSA) is 95.4 Å². The fourth-order valence-corrected chi connectivity index (χ4v) is 2.95. The van der Waals surface area contributed by atoms with Gasteiger partial charge >= 0.3 is 12.0 Å². The van der Waals surface area contributed by atoms with E-state index < -0.39 is 5.97 Å². The van der Waals surface area contributed by atoms with Crippen LogP contribution in [0.2, 0.25) is 0 Å².